The minimum absolute atomic E-state index is 0.768. The highest BCUT2D eigenvalue weighted by atomic mass is 16.5. The van der Waals surface area contributed by atoms with Crippen molar-refractivity contribution in [3.05, 3.63) is 29.3 Å². The van der Waals surface area contributed by atoms with Crippen LogP contribution in [0.2, 0.25) is 0 Å². The van der Waals surface area contributed by atoms with E-state index in [4.69, 9.17) is 4.74 Å². The average molecular weight is 276 g/mol. The SMILES string of the molecule is Cc1cc(C)cc(OCCN(C)CC2CCNCC2)c1. The second-order valence-corrected chi connectivity index (χ2v) is 6.13. The van der Waals surface area contributed by atoms with Crippen molar-refractivity contribution in [3.8, 4) is 5.75 Å². The van der Waals surface area contributed by atoms with Crippen LogP contribution in [0.4, 0.5) is 0 Å². The van der Waals surface area contributed by atoms with Gasteiger partial charge in [0.15, 0.2) is 0 Å². The Morgan fingerprint density at radius 2 is 1.80 bits per heavy atom. The fraction of sp³-hybridized carbons (Fsp3) is 0.647. The van der Waals surface area contributed by atoms with Crippen LogP contribution in [0.1, 0.15) is 24.0 Å². The van der Waals surface area contributed by atoms with Crippen molar-refractivity contribution in [2.24, 2.45) is 5.92 Å². The molecule has 1 aromatic carbocycles. The molecule has 1 fully saturated rings. The molecule has 0 amide bonds. The highest BCUT2D eigenvalue weighted by molar-refractivity contribution is 5.32. The third-order valence-electron chi connectivity index (χ3n) is 3.97. The molecule has 0 aliphatic carbocycles. The molecule has 20 heavy (non-hydrogen) atoms. The van der Waals surface area contributed by atoms with Gasteiger partial charge in [-0.25, -0.2) is 0 Å². The van der Waals surface area contributed by atoms with E-state index in [1.165, 1.54) is 43.6 Å². The van der Waals surface area contributed by atoms with E-state index in [1.54, 1.807) is 0 Å². The van der Waals surface area contributed by atoms with Gasteiger partial charge in [-0.2, -0.15) is 0 Å². The zero-order valence-electron chi connectivity index (χ0n) is 13.1. The smallest absolute Gasteiger partial charge is 0.119 e. The molecule has 2 rings (SSSR count). The second-order valence-electron chi connectivity index (χ2n) is 6.13. The van der Waals surface area contributed by atoms with E-state index in [0.29, 0.717) is 0 Å². The molecule has 1 N–H and O–H groups in total. The first-order valence-corrected chi connectivity index (χ1v) is 7.74. The maximum atomic E-state index is 5.87. The Morgan fingerprint density at radius 1 is 1.15 bits per heavy atom. The number of piperidine rings is 1. The molecule has 1 aliphatic rings. The molecular formula is C17H28N2O. The molecule has 3 heteroatoms. The zero-order valence-corrected chi connectivity index (χ0v) is 13.1. The molecule has 1 saturated heterocycles. The molecule has 0 radical (unpaired) electrons. The van der Waals surface area contributed by atoms with Gasteiger partial charge in [-0.1, -0.05) is 6.07 Å². The van der Waals surface area contributed by atoms with Crippen LogP contribution in [0.15, 0.2) is 18.2 Å². The summed E-state index contributed by atoms with van der Waals surface area (Å²) < 4.78 is 5.87. The van der Waals surface area contributed by atoms with Crippen molar-refractivity contribution in [2.45, 2.75) is 26.7 Å². The summed E-state index contributed by atoms with van der Waals surface area (Å²) in [6.45, 7) is 9.54. The van der Waals surface area contributed by atoms with Gasteiger partial charge in [0.2, 0.25) is 0 Å². The fourth-order valence-electron chi connectivity index (χ4n) is 2.93. The Balaban J connectivity index is 1.69. The van der Waals surface area contributed by atoms with Crippen molar-refractivity contribution >= 4 is 0 Å². The molecule has 0 atom stereocenters. The number of hydrogen-bond acceptors (Lipinski definition) is 3. The number of aryl methyl sites for hydroxylation is 2. The molecule has 0 bridgehead atoms. The number of likely N-dealkylation sites (N-methyl/N-ethyl adjacent to an activating group) is 1. The molecule has 0 saturated carbocycles. The molecule has 112 valence electrons. The summed E-state index contributed by atoms with van der Waals surface area (Å²) in [4.78, 5) is 2.40. The van der Waals surface area contributed by atoms with Crippen molar-refractivity contribution < 1.29 is 4.74 Å². The second kappa shape index (κ2) is 7.65. The first kappa shape index (κ1) is 15.3. The topological polar surface area (TPSA) is 24.5 Å². The number of benzene rings is 1. The first-order valence-electron chi connectivity index (χ1n) is 7.74. The number of nitrogens with zero attached hydrogens (tertiary/aromatic N) is 1. The van der Waals surface area contributed by atoms with Gasteiger partial charge >= 0.3 is 0 Å². The Kier molecular flexibility index (Phi) is 5.86. The quantitative estimate of drug-likeness (QED) is 0.864. The van der Waals surface area contributed by atoms with E-state index in [-0.39, 0.29) is 0 Å². The van der Waals surface area contributed by atoms with Crippen LogP contribution in [0.3, 0.4) is 0 Å². The summed E-state index contributed by atoms with van der Waals surface area (Å²) in [5.41, 5.74) is 2.53. The number of ether oxygens (including phenoxy) is 1. The number of hydrogen-bond donors (Lipinski definition) is 1. The third kappa shape index (κ3) is 5.14. The van der Waals surface area contributed by atoms with Gasteiger partial charge in [0.1, 0.15) is 12.4 Å². The van der Waals surface area contributed by atoms with Crippen LogP contribution in [0.5, 0.6) is 5.75 Å². The lowest BCUT2D eigenvalue weighted by molar-refractivity contribution is 0.199. The van der Waals surface area contributed by atoms with Crippen LogP contribution in [0, 0.1) is 19.8 Å². The Labute approximate surface area is 123 Å². The Bertz CT molecular complexity index is 393. The van der Waals surface area contributed by atoms with Crippen LogP contribution in [0.25, 0.3) is 0 Å². The Hall–Kier alpha value is -1.06. The van der Waals surface area contributed by atoms with Crippen LogP contribution >= 0.6 is 0 Å². The molecule has 1 aliphatic heterocycles. The van der Waals surface area contributed by atoms with Gasteiger partial charge in [-0.05, 0) is 76.0 Å². The van der Waals surface area contributed by atoms with Gasteiger partial charge < -0.3 is 15.0 Å². The van der Waals surface area contributed by atoms with E-state index >= 15 is 0 Å². The lowest BCUT2D eigenvalue weighted by atomic mass is 9.98. The summed E-state index contributed by atoms with van der Waals surface area (Å²) in [7, 11) is 2.20. The van der Waals surface area contributed by atoms with Gasteiger partial charge in [-0.3, -0.25) is 0 Å². The van der Waals surface area contributed by atoms with E-state index in [0.717, 1.165) is 24.8 Å². The van der Waals surface area contributed by atoms with Crippen LogP contribution < -0.4 is 10.1 Å². The first-order chi connectivity index (χ1) is 9.63. The van der Waals surface area contributed by atoms with Gasteiger partial charge in [0.25, 0.3) is 0 Å². The van der Waals surface area contributed by atoms with E-state index in [1.807, 2.05) is 0 Å². The molecule has 3 nitrogen and oxygen atoms in total. The maximum Gasteiger partial charge on any atom is 0.119 e. The van der Waals surface area contributed by atoms with E-state index < -0.39 is 0 Å². The standard InChI is InChI=1S/C17H28N2O/c1-14-10-15(2)12-17(11-14)20-9-8-19(3)13-16-4-6-18-7-5-16/h10-12,16,18H,4-9,13H2,1-3H3. The number of nitrogens with one attached hydrogen (secondary N) is 1. The van der Waals surface area contributed by atoms with Crippen molar-refractivity contribution in [1.29, 1.82) is 0 Å². The third-order valence-corrected chi connectivity index (χ3v) is 3.97. The van der Waals surface area contributed by atoms with Crippen molar-refractivity contribution in [3.63, 3.8) is 0 Å². The van der Waals surface area contributed by atoms with Gasteiger partial charge in [-0.15, -0.1) is 0 Å². The highest BCUT2D eigenvalue weighted by Gasteiger charge is 2.14. The van der Waals surface area contributed by atoms with E-state index in [2.05, 4.69) is 49.3 Å². The summed E-state index contributed by atoms with van der Waals surface area (Å²) >= 11 is 0. The van der Waals surface area contributed by atoms with Gasteiger partial charge in [0.05, 0.1) is 0 Å². The highest BCUT2D eigenvalue weighted by Crippen LogP contribution is 2.16. The molecule has 0 aromatic heterocycles. The molecule has 0 unspecified atom stereocenters. The zero-order chi connectivity index (χ0) is 14.4. The molecule has 1 heterocycles. The van der Waals surface area contributed by atoms with Crippen LogP contribution in [-0.2, 0) is 0 Å². The average Bonchev–Trinajstić information content (AvgIpc) is 2.38. The predicted molar refractivity (Wildman–Crippen MR) is 84.5 cm³/mol. The minimum Gasteiger partial charge on any atom is -0.492 e. The fourth-order valence-corrected chi connectivity index (χ4v) is 2.93. The minimum atomic E-state index is 0.768. The normalized spacial score (nSPS) is 16.6. The summed E-state index contributed by atoms with van der Waals surface area (Å²) in [5.74, 6) is 1.85. The monoisotopic (exact) mass is 276 g/mol. The van der Waals surface area contributed by atoms with E-state index in [9.17, 15) is 0 Å². The summed E-state index contributed by atoms with van der Waals surface area (Å²) in [6.07, 6.45) is 2.62. The maximum absolute atomic E-state index is 5.87. The lowest BCUT2D eigenvalue weighted by Gasteiger charge is -2.27. The van der Waals surface area contributed by atoms with Gasteiger partial charge in [0, 0.05) is 13.1 Å². The molecule has 0 spiro atoms. The van der Waals surface area contributed by atoms with Crippen molar-refractivity contribution in [2.75, 3.05) is 39.8 Å². The number of rotatable bonds is 6. The largest absolute Gasteiger partial charge is 0.492 e. The Morgan fingerprint density at radius 3 is 2.45 bits per heavy atom. The van der Waals surface area contributed by atoms with Crippen LogP contribution in [-0.4, -0.2) is 44.7 Å². The predicted octanol–water partition coefficient (Wildman–Crippen LogP) is 2.61. The summed E-state index contributed by atoms with van der Waals surface area (Å²) in [5, 5.41) is 3.42. The molecular weight excluding hydrogens is 248 g/mol. The molecule has 1 aromatic rings. The lowest BCUT2D eigenvalue weighted by Crippen LogP contribution is -2.36. The summed E-state index contributed by atoms with van der Waals surface area (Å²) in [6, 6.07) is 6.40. The van der Waals surface area contributed by atoms with Crippen molar-refractivity contribution in [1.82, 2.24) is 10.2 Å².